The minimum absolute atomic E-state index is 0.586. The number of halogens is 1. The topological polar surface area (TPSA) is 48.2 Å². The van der Waals surface area contributed by atoms with Crippen molar-refractivity contribution in [2.24, 2.45) is 4.99 Å². The summed E-state index contributed by atoms with van der Waals surface area (Å²) in [5.41, 5.74) is 0.826. The highest BCUT2D eigenvalue weighted by atomic mass is 79.9. The Kier molecular flexibility index (Phi) is 4.32. The van der Waals surface area contributed by atoms with Gasteiger partial charge in [-0.05, 0) is 46.0 Å². The lowest BCUT2D eigenvalue weighted by Gasteiger charge is -2.07. The maximum atomic E-state index is 8.73. The summed E-state index contributed by atoms with van der Waals surface area (Å²) in [6.07, 6.45) is 3.79. The Balaban J connectivity index is 2.23. The second-order valence-corrected chi connectivity index (χ2v) is 6.32. The monoisotopic (exact) mass is 369 g/mol. The van der Waals surface area contributed by atoms with E-state index in [1.54, 1.807) is 0 Å². The Morgan fingerprint density at radius 2 is 1.91 bits per heavy atom. The van der Waals surface area contributed by atoms with E-state index < -0.39 is 0 Å². The van der Waals surface area contributed by atoms with E-state index in [9.17, 15) is 0 Å². The van der Waals surface area contributed by atoms with Gasteiger partial charge in [0.25, 0.3) is 0 Å². The van der Waals surface area contributed by atoms with Gasteiger partial charge in [-0.25, -0.2) is 4.99 Å². The minimum Gasteiger partial charge on any atom is -0.271 e. The predicted molar refractivity (Wildman–Crippen MR) is 98.5 cm³/mol. The summed E-state index contributed by atoms with van der Waals surface area (Å²) in [5, 5.41) is 16.6. The zero-order valence-corrected chi connectivity index (χ0v) is 14.2. The molecule has 0 bridgehead atoms. The first kappa shape index (κ1) is 14.9. The quantitative estimate of drug-likeness (QED) is 0.211. The average molecular weight is 370 g/mol. The molecule has 1 N–H and O–H groups in total. The Morgan fingerprint density at radius 3 is 2.64 bits per heavy atom. The van der Waals surface area contributed by atoms with Crippen LogP contribution in [0, 0.1) is 11.5 Å². The van der Waals surface area contributed by atoms with E-state index in [1.165, 1.54) is 22.5 Å². The molecule has 3 aromatic carbocycles. The van der Waals surface area contributed by atoms with Crippen LogP contribution in [-0.2, 0) is 0 Å². The molecule has 0 unspecified atom stereocenters. The summed E-state index contributed by atoms with van der Waals surface area (Å²) in [6, 6.07) is 16.5. The molecule has 0 aliphatic rings. The van der Waals surface area contributed by atoms with E-state index in [-0.39, 0.29) is 0 Å². The SMILES string of the molecule is CSC(=Nc1ccc2cc(Br)c3ccccc3c2c1)NC#N. The third-order valence-electron chi connectivity index (χ3n) is 3.38. The fourth-order valence-electron chi connectivity index (χ4n) is 2.40. The van der Waals surface area contributed by atoms with Crippen LogP contribution in [-0.4, -0.2) is 11.4 Å². The first-order valence-corrected chi connectivity index (χ1v) is 8.63. The number of benzene rings is 3. The number of nitrogens with one attached hydrogen (secondary N) is 1. The maximum absolute atomic E-state index is 8.73. The second-order valence-electron chi connectivity index (χ2n) is 4.67. The van der Waals surface area contributed by atoms with Crippen molar-refractivity contribution in [3.05, 3.63) is 53.0 Å². The molecule has 22 heavy (non-hydrogen) atoms. The molecule has 108 valence electrons. The molecule has 0 heterocycles. The van der Waals surface area contributed by atoms with Gasteiger partial charge in [-0.1, -0.05) is 58.0 Å². The van der Waals surface area contributed by atoms with Crippen LogP contribution in [0.25, 0.3) is 21.5 Å². The summed E-state index contributed by atoms with van der Waals surface area (Å²) >= 11 is 5.04. The first-order valence-electron chi connectivity index (χ1n) is 6.61. The van der Waals surface area contributed by atoms with Crippen LogP contribution in [0.15, 0.2) is 58.0 Å². The van der Waals surface area contributed by atoms with Crippen molar-refractivity contribution >= 4 is 60.1 Å². The van der Waals surface area contributed by atoms with Gasteiger partial charge in [0.2, 0.25) is 0 Å². The third kappa shape index (κ3) is 2.80. The van der Waals surface area contributed by atoms with Crippen LogP contribution in [0.5, 0.6) is 0 Å². The molecule has 0 fully saturated rings. The smallest absolute Gasteiger partial charge is 0.183 e. The summed E-state index contributed by atoms with van der Waals surface area (Å²) in [7, 11) is 0. The van der Waals surface area contributed by atoms with Crippen molar-refractivity contribution in [2.75, 3.05) is 6.26 Å². The van der Waals surface area contributed by atoms with Gasteiger partial charge in [0.15, 0.2) is 11.4 Å². The molecule has 3 rings (SSSR count). The molecular weight excluding hydrogens is 358 g/mol. The number of amidine groups is 1. The summed E-state index contributed by atoms with van der Waals surface area (Å²) in [4.78, 5) is 4.48. The summed E-state index contributed by atoms with van der Waals surface area (Å²) < 4.78 is 1.09. The van der Waals surface area contributed by atoms with Gasteiger partial charge in [0.1, 0.15) is 0 Å². The Morgan fingerprint density at radius 1 is 1.14 bits per heavy atom. The van der Waals surface area contributed by atoms with Gasteiger partial charge >= 0.3 is 0 Å². The van der Waals surface area contributed by atoms with E-state index in [0.717, 1.165) is 20.9 Å². The second kappa shape index (κ2) is 6.39. The van der Waals surface area contributed by atoms with Crippen LogP contribution >= 0.6 is 27.7 Å². The largest absolute Gasteiger partial charge is 0.271 e. The molecule has 5 heteroatoms. The zero-order valence-electron chi connectivity index (χ0n) is 11.8. The molecule has 0 amide bonds. The van der Waals surface area contributed by atoms with Crippen LogP contribution in [0.3, 0.4) is 0 Å². The molecule has 0 spiro atoms. The summed E-state index contributed by atoms with van der Waals surface area (Å²) in [6.45, 7) is 0. The number of rotatable bonds is 1. The highest BCUT2D eigenvalue weighted by molar-refractivity contribution is 9.10. The zero-order chi connectivity index (χ0) is 15.5. The Labute approximate surface area is 141 Å². The summed E-state index contributed by atoms with van der Waals surface area (Å²) in [5.74, 6) is 0. The molecule has 0 aliphatic heterocycles. The number of nitrogens with zero attached hydrogens (tertiary/aromatic N) is 2. The standard InChI is InChI=1S/C17H12BrN3S/c1-22-17(20-10-19)21-12-7-6-11-8-16(18)14-5-3-2-4-13(14)15(11)9-12/h2-9H,1H3,(H,20,21). The van der Waals surface area contributed by atoms with E-state index in [1.807, 2.05) is 30.6 Å². The Bertz CT molecular complexity index is 928. The molecular formula is C17H12BrN3S. The lowest BCUT2D eigenvalue weighted by Crippen LogP contribution is -2.12. The highest BCUT2D eigenvalue weighted by Crippen LogP contribution is 2.33. The van der Waals surface area contributed by atoms with Crippen molar-refractivity contribution in [3.8, 4) is 6.19 Å². The fraction of sp³-hybridized carbons (Fsp3) is 0.0588. The van der Waals surface area contributed by atoms with Crippen LogP contribution in [0.2, 0.25) is 0 Å². The minimum atomic E-state index is 0.586. The molecule has 0 aliphatic carbocycles. The van der Waals surface area contributed by atoms with Crippen LogP contribution in [0.1, 0.15) is 0 Å². The fourth-order valence-corrected chi connectivity index (χ4v) is 3.34. The van der Waals surface area contributed by atoms with E-state index in [0.29, 0.717) is 5.17 Å². The average Bonchev–Trinajstić information content (AvgIpc) is 2.55. The van der Waals surface area contributed by atoms with Gasteiger partial charge in [-0.3, -0.25) is 5.32 Å². The van der Waals surface area contributed by atoms with Gasteiger partial charge in [0, 0.05) is 4.47 Å². The number of hydrogen-bond donors (Lipinski definition) is 1. The van der Waals surface area contributed by atoms with Crippen LogP contribution < -0.4 is 5.32 Å². The van der Waals surface area contributed by atoms with Crippen LogP contribution in [0.4, 0.5) is 5.69 Å². The van der Waals surface area contributed by atoms with E-state index >= 15 is 0 Å². The molecule has 0 aromatic heterocycles. The number of nitriles is 1. The maximum Gasteiger partial charge on any atom is 0.183 e. The first-order chi connectivity index (χ1) is 10.7. The van der Waals surface area contributed by atoms with Gasteiger partial charge in [-0.2, -0.15) is 5.26 Å². The van der Waals surface area contributed by atoms with Crippen molar-refractivity contribution in [3.63, 3.8) is 0 Å². The number of thioether (sulfide) groups is 1. The molecule has 0 atom stereocenters. The molecule has 3 nitrogen and oxygen atoms in total. The van der Waals surface area contributed by atoms with Crippen molar-refractivity contribution in [1.82, 2.24) is 5.32 Å². The van der Waals surface area contributed by atoms with E-state index in [4.69, 9.17) is 5.26 Å². The Hall–Kier alpha value is -2.03. The third-order valence-corrected chi connectivity index (χ3v) is 4.62. The molecule has 0 saturated heterocycles. The van der Waals surface area contributed by atoms with E-state index in [2.05, 4.69) is 56.6 Å². The molecule has 0 saturated carbocycles. The number of aliphatic imine (C=N–C) groups is 1. The molecule has 3 aromatic rings. The predicted octanol–water partition coefficient (Wildman–Crippen LogP) is 5.18. The van der Waals surface area contributed by atoms with Gasteiger partial charge in [0.05, 0.1) is 5.69 Å². The van der Waals surface area contributed by atoms with Gasteiger partial charge < -0.3 is 0 Å². The van der Waals surface area contributed by atoms with Crippen molar-refractivity contribution < 1.29 is 0 Å². The van der Waals surface area contributed by atoms with Crippen molar-refractivity contribution in [1.29, 1.82) is 5.26 Å². The highest BCUT2D eigenvalue weighted by Gasteiger charge is 2.06. The lowest BCUT2D eigenvalue weighted by molar-refractivity contribution is 1.28. The van der Waals surface area contributed by atoms with Gasteiger partial charge in [-0.15, -0.1) is 0 Å². The number of hydrogen-bond acceptors (Lipinski definition) is 3. The lowest BCUT2D eigenvalue weighted by atomic mass is 10.0. The van der Waals surface area contributed by atoms with Crippen molar-refractivity contribution in [2.45, 2.75) is 0 Å². The number of fused-ring (bicyclic) bond motifs is 3. The molecule has 0 radical (unpaired) electrons. The normalized spacial score (nSPS) is 11.6.